The highest BCUT2D eigenvalue weighted by molar-refractivity contribution is 7.93. The second kappa shape index (κ2) is 10.1. The fraction of sp³-hybridized carbons (Fsp3) is 0.167. The minimum Gasteiger partial charge on any atom is -0.474 e. The lowest BCUT2D eigenvalue weighted by Gasteiger charge is -2.25. The first-order chi connectivity index (χ1) is 17.4. The van der Waals surface area contributed by atoms with Crippen molar-refractivity contribution in [1.29, 1.82) is 5.26 Å². The summed E-state index contributed by atoms with van der Waals surface area (Å²) in [6.45, 7) is 0. The SMILES string of the molecule is N#Cc1cc(S(=O)(=O)Nc2ncns2)ccc1Oc1ccc(Cl)cc1-c1ccnc(OC2CCC2)c1. The van der Waals surface area contributed by atoms with Crippen LogP contribution in [0.15, 0.2) is 66.0 Å². The van der Waals surface area contributed by atoms with Crippen molar-refractivity contribution >= 4 is 38.3 Å². The molecule has 2 heterocycles. The van der Waals surface area contributed by atoms with E-state index in [4.69, 9.17) is 21.1 Å². The Morgan fingerprint density at radius 3 is 2.64 bits per heavy atom. The van der Waals surface area contributed by atoms with Crippen LogP contribution in [0.2, 0.25) is 5.02 Å². The standard InChI is InChI=1S/C24H18ClN5O4S2/c25-17-4-6-22(20(12-17)15-8-9-27-23(11-15)33-18-2-1-3-18)34-21-7-5-19(10-16(21)13-26)36(31,32)30-24-28-14-29-35-24/h4-12,14,18H,1-3H2,(H,28,29,30). The van der Waals surface area contributed by atoms with E-state index >= 15 is 0 Å². The van der Waals surface area contributed by atoms with Gasteiger partial charge in [-0.25, -0.2) is 18.4 Å². The van der Waals surface area contributed by atoms with Gasteiger partial charge in [-0.15, -0.1) is 0 Å². The molecule has 0 radical (unpaired) electrons. The van der Waals surface area contributed by atoms with Crippen molar-refractivity contribution in [2.24, 2.45) is 0 Å². The zero-order valence-electron chi connectivity index (χ0n) is 18.6. The second-order valence-electron chi connectivity index (χ2n) is 7.92. The van der Waals surface area contributed by atoms with E-state index in [9.17, 15) is 13.7 Å². The lowest BCUT2D eigenvalue weighted by Crippen LogP contribution is -2.24. The summed E-state index contributed by atoms with van der Waals surface area (Å²) in [5, 5.41) is 10.3. The molecule has 0 aliphatic heterocycles. The van der Waals surface area contributed by atoms with Gasteiger partial charge in [0.25, 0.3) is 10.0 Å². The molecular formula is C24H18ClN5O4S2. The third-order valence-corrected chi connectivity index (χ3v) is 7.79. The highest BCUT2D eigenvalue weighted by Gasteiger charge is 2.21. The molecule has 4 aromatic rings. The van der Waals surface area contributed by atoms with E-state index in [-0.39, 0.29) is 27.4 Å². The fourth-order valence-electron chi connectivity index (χ4n) is 3.48. The van der Waals surface area contributed by atoms with Gasteiger partial charge in [0.15, 0.2) is 0 Å². The topological polar surface area (TPSA) is 127 Å². The molecule has 36 heavy (non-hydrogen) atoms. The van der Waals surface area contributed by atoms with Gasteiger partial charge in [0, 0.05) is 34.4 Å². The molecule has 1 fully saturated rings. The summed E-state index contributed by atoms with van der Waals surface area (Å²) < 4.78 is 43.5. The number of nitrogens with zero attached hydrogens (tertiary/aromatic N) is 4. The average molecular weight is 540 g/mol. The molecule has 0 amide bonds. The van der Waals surface area contributed by atoms with Crippen LogP contribution >= 0.6 is 23.1 Å². The maximum absolute atomic E-state index is 12.7. The predicted octanol–water partition coefficient (Wildman–Crippen LogP) is 5.65. The zero-order chi connectivity index (χ0) is 25.1. The predicted molar refractivity (Wildman–Crippen MR) is 135 cm³/mol. The molecule has 9 nitrogen and oxygen atoms in total. The number of nitriles is 1. The van der Waals surface area contributed by atoms with Gasteiger partial charge in [0.1, 0.15) is 30.0 Å². The summed E-state index contributed by atoms with van der Waals surface area (Å²) in [6, 6.07) is 14.8. The smallest absolute Gasteiger partial charge is 0.263 e. The summed E-state index contributed by atoms with van der Waals surface area (Å²) in [4.78, 5) is 8.01. The number of aromatic nitrogens is 3. The Hall–Kier alpha value is -3.72. The highest BCUT2D eigenvalue weighted by Crippen LogP contribution is 2.38. The number of sulfonamides is 1. The molecule has 12 heteroatoms. The number of pyridine rings is 1. The quantitative estimate of drug-likeness (QED) is 0.304. The van der Waals surface area contributed by atoms with Gasteiger partial charge < -0.3 is 9.47 Å². The third kappa shape index (κ3) is 5.26. The number of ether oxygens (including phenoxy) is 2. The first-order valence-corrected chi connectivity index (χ1v) is 13.5. The van der Waals surface area contributed by atoms with E-state index < -0.39 is 10.0 Å². The zero-order valence-corrected chi connectivity index (χ0v) is 21.0. The molecular weight excluding hydrogens is 522 g/mol. The minimum absolute atomic E-state index is 0.0415. The molecule has 1 aliphatic carbocycles. The number of benzene rings is 2. The van der Waals surface area contributed by atoms with Crippen LogP contribution in [-0.4, -0.2) is 28.9 Å². The lowest BCUT2D eigenvalue weighted by molar-refractivity contribution is 0.115. The van der Waals surface area contributed by atoms with E-state index in [0.717, 1.165) is 36.4 Å². The number of halogens is 1. The molecule has 1 aliphatic rings. The van der Waals surface area contributed by atoms with Crippen LogP contribution in [0, 0.1) is 11.3 Å². The molecule has 0 atom stereocenters. The Morgan fingerprint density at radius 2 is 1.92 bits per heavy atom. The van der Waals surface area contributed by atoms with Crippen LogP contribution in [0.25, 0.3) is 11.1 Å². The largest absolute Gasteiger partial charge is 0.474 e. The van der Waals surface area contributed by atoms with Gasteiger partial charge in [-0.3, -0.25) is 4.72 Å². The van der Waals surface area contributed by atoms with Crippen LogP contribution in [0.5, 0.6) is 17.4 Å². The highest BCUT2D eigenvalue weighted by atomic mass is 35.5. The maximum Gasteiger partial charge on any atom is 0.263 e. The Morgan fingerprint density at radius 1 is 1.08 bits per heavy atom. The number of nitrogens with one attached hydrogen (secondary N) is 1. The first-order valence-electron chi connectivity index (χ1n) is 10.9. The van der Waals surface area contributed by atoms with Gasteiger partial charge in [-0.1, -0.05) is 11.6 Å². The Labute approximate surface area is 216 Å². The number of anilines is 1. The molecule has 182 valence electrons. The second-order valence-corrected chi connectivity index (χ2v) is 10.8. The first kappa shape index (κ1) is 24.0. The summed E-state index contributed by atoms with van der Waals surface area (Å²) >= 11 is 7.18. The average Bonchev–Trinajstić information content (AvgIpc) is 3.35. The van der Waals surface area contributed by atoms with Crippen molar-refractivity contribution in [3.63, 3.8) is 0 Å². The summed E-state index contributed by atoms with van der Waals surface area (Å²) in [6.07, 6.45) is 6.24. The molecule has 0 saturated heterocycles. The lowest BCUT2D eigenvalue weighted by atomic mass is 9.96. The van der Waals surface area contributed by atoms with Crippen LogP contribution < -0.4 is 14.2 Å². The van der Waals surface area contributed by atoms with Crippen molar-refractivity contribution in [2.45, 2.75) is 30.3 Å². The Bertz CT molecular complexity index is 1550. The van der Waals surface area contributed by atoms with Crippen molar-refractivity contribution in [2.75, 3.05) is 4.72 Å². The van der Waals surface area contributed by atoms with Crippen LogP contribution in [0.4, 0.5) is 5.13 Å². The molecule has 2 aromatic heterocycles. The summed E-state index contributed by atoms with van der Waals surface area (Å²) in [5.74, 6) is 1.13. The maximum atomic E-state index is 12.7. The van der Waals surface area contributed by atoms with Gasteiger partial charge in [0.05, 0.1) is 10.5 Å². The molecule has 0 spiro atoms. The van der Waals surface area contributed by atoms with E-state index in [1.54, 1.807) is 24.4 Å². The minimum atomic E-state index is -3.96. The number of rotatable bonds is 8. The van der Waals surface area contributed by atoms with E-state index in [1.807, 2.05) is 18.2 Å². The van der Waals surface area contributed by atoms with Gasteiger partial charge in [-0.2, -0.15) is 9.64 Å². The van der Waals surface area contributed by atoms with Crippen molar-refractivity contribution in [1.82, 2.24) is 14.3 Å². The summed E-state index contributed by atoms with van der Waals surface area (Å²) in [5.41, 5.74) is 1.48. The molecule has 0 bridgehead atoms. The fourth-order valence-corrected chi connectivity index (χ4v) is 5.34. The molecule has 2 aromatic carbocycles. The van der Waals surface area contributed by atoms with E-state index in [1.165, 1.54) is 24.5 Å². The van der Waals surface area contributed by atoms with Gasteiger partial charge in [-0.05, 0) is 67.3 Å². The van der Waals surface area contributed by atoms with Crippen LogP contribution in [0.1, 0.15) is 24.8 Å². The molecule has 1 N–H and O–H groups in total. The van der Waals surface area contributed by atoms with E-state index in [0.29, 0.717) is 22.2 Å². The molecule has 1 saturated carbocycles. The monoisotopic (exact) mass is 539 g/mol. The van der Waals surface area contributed by atoms with Crippen LogP contribution in [0.3, 0.4) is 0 Å². The van der Waals surface area contributed by atoms with Crippen LogP contribution in [-0.2, 0) is 10.0 Å². The van der Waals surface area contributed by atoms with E-state index in [2.05, 4.69) is 19.1 Å². The van der Waals surface area contributed by atoms with Gasteiger partial charge >= 0.3 is 0 Å². The van der Waals surface area contributed by atoms with Crippen molar-refractivity contribution in [3.05, 3.63) is 71.6 Å². The number of hydrogen-bond donors (Lipinski definition) is 1. The normalized spacial score (nSPS) is 13.4. The van der Waals surface area contributed by atoms with Gasteiger partial charge in [0.2, 0.25) is 11.0 Å². The molecule has 0 unspecified atom stereocenters. The van der Waals surface area contributed by atoms with Crippen molar-refractivity contribution in [3.8, 4) is 34.6 Å². The molecule has 5 rings (SSSR count). The Balaban J connectivity index is 1.45. The number of hydrogen-bond acceptors (Lipinski definition) is 9. The third-order valence-electron chi connectivity index (χ3n) is 5.51. The Kier molecular flexibility index (Phi) is 6.73. The summed E-state index contributed by atoms with van der Waals surface area (Å²) in [7, 11) is -3.96. The van der Waals surface area contributed by atoms with Crippen molar-refractivity contribution < 1.29 is 17.9 Å².